The normalized spacial score (nSPS) is 32.6. The lowest BCUT2D eigenvalue weighted by molar-refractivity contribution is -0.163. The smallest absolute Gasteiger partial charge is 0.312 e. The summed E-state index contributed by atoms with van der Waals surface area (Å²) in [5.41, 5.74) is -1.19. The van der Waals surface area contributed by atoms with Gasteiger partial charge in [0.25, 0.3) is 0 Å². The number of fused-ring (bicyclic) bond motifs is 1. The van der Waals surface area contributed by atoms with Crippen molar-refractivity contribution < 1.29 is 29.0 Å². The van der Waals surface area contributed by atoms with Gasteiger partial charge in [0.1, 0.15) is 17.6 Å². The van der Waals surface area contributed by atoms with E-state index in [1.807, 2.05) is 44.2 Å². The summed E-state index contributed by atoms with van der Waals surface area (Å²) < 4.78 is 12.2. The molecule has 3 heterocycles. The fourth-order valence-corrected chi connectivity index (χ4v) is 6.57. The molecular formula is C29H38N2O6. The number of aliphatic hydroxyl groups excluding tert-OH is 1. The zero-order chi connectivity index (χ0) is 27.0. The van der Waals surface area contributed by atoms with E-state index in [-0.39, 0.29) is 37.5 Å². The van der Waals surface area contributed by atoms with Crippen molar-refractivity contribution in [1.29, 1.82) is 0 Å². The number of aliphatic hydroxyl groups is 1. The molecule has 4 rings (SSSR count). The van der Waals surface area contributed by atoms with Crippen molar-refractivity contribution in [3.05, 3.63) is 61.2 Å². The van der Waals surface area contributed by atoms with Crippen LogP contribution in [0.1, 0.15) is 39.2 Å². The molecule has 3 saturated heterocycles. The van der Waals surface area contributed by atoms with Crippen LogP contribution in [0.25, 0.3) is 0 Å². The van der Waals surface area contributed by atoms with Crippen molar-refractivity contribution in [2.75, 3.05) is 19.8 Å². The molecule has 3 aliphatic rings. The fourth-order valence-electron chi connectivity index (χ4n) is 6.57. The van der Waals surface area contributed by atoms with Crippen LogP contribution in [0.15, 0.2) is 55.6 Å². The third-order valence-electron chi connectivity index (χ3n) is 8.42. The molecule has 2 bridgehead atoms. The van der Waals surface area contributed by atoms with Crippen LogP contribution in [0.5, 0.6) is 0 Å². The second kappa shape index (κ2) is 10.4. The van der Waals surface area contributed by atoms with Crippen LogP contribution in [0.4, 0.5) is 0 Å². The molecule has 7 atom stereocenters. The van der Waals surface area contributed by atoms with Gasteiger partial charge in [-0.15, -0.1) is 13.2 Å². The van der Waals surface area contributed by atoms with Gasteiger partial charge >= 0.3 is 5.97 Å². The van der Waals surface area contributed by atoms with E-state index < -0.39 is 41.1 Å². The molecule has 0 saturated carbocycles. The lowest BCUT2D eigenvalue weighted by Gasteiger charge is -2.38. The average molecular weight is 511 g/mol. The highest BCUT2D eigenvalue weighted by Gasteiger charge is 2.80. The van der Waals surface area contributed by atoms with E-state index in [4.69, 9.17) is 9.47 Å². The molecule has 1 aromatic rings. The maximum Gasteiger partial charge on any atom is 0.312 e. The molecule has 2 amide bonds. The topological polar surface area (TPSA) is 96.4 Å². The van der Waals surface area contributed by atoms with Crippen LogP contribution in [0.2, 0.25) is 0 Å². The Morgan fingerprint density at radius 1 is 1.30 bits per heavy atom. The number of amides is 2. The standard InChI is InChI=1S/C29H38N2O6/c1-6-8-15-36-27(35)23-22-25(33)31(20(4)18-32)24(29(22)16-19(3)28(23,5)37-29)26(34)30(14-7-2)17-21-12-10-9-11-13-21/h6-7,9-13,19-20,22-24,32H,1-2,8,14-18H2,3-5H3/t19?,20-,22+,23-,24?,28+,29?/m1/s1. The summed E-state index contributed by atoms with van der Waals surface area (Å²) in [4.78, 5) is 44.9. The first-order chi connectivity index (χ1) is 17.7. The number of benzene rings is 1. The Balaban J connectivity index is 1.76. The van der Waals surface area contributed by atoms with E-state index in [0.717, 1.165) is 5.56 Å². The molecule has 1 spiro atoms. The summed E-state index contributed by atoms with van der Waals surface area (Å²) in [5, 5.41) is 10.1. The van der Waals surface area contributed by atoms with Crippen molar-refractivity contribution in [2.24, 2.45) is 17.8 Å². The second-order valence-corrected chi connectivity index (χ2v) is 10.7. The number of carbonyl (C=O) groups is 3. The third kappa shape index (κ3) is 4.30. The number of hydrogen-bond acceptors (Lipinski definition) is 6. The van der Waals surface area contributed by atoms with Gasteiger partial charge in [0.15, 0.2) is 0 Å². The molecule has 3 fully saturated rings. The minimum Gasteiger partial charge on any atom is -0.465 e. The zero-order valence-electron chi connectivity index (χ0n) is 22.0. The molecule has 0 aromatic heterocycles. The van der Waals surface area contributed by atoms with E-state index in [0.29, 0.717) is 19.4 Å². The van der Waals surface area contributed by atoms with Gasteiger partial charge in [0.2, 0.25) is 11.8 Å². The Morgan fingerprint density at radius 3 is 2.62 bits per heavy atom. The Labute approximate surface area is 218 Å². The predicted molar refractivity (Wildman–Crippen MR) is 138 cm³/mol. The molecule has 3 aliphatic heterocycles. The Kier molecular flexibility index (Phi) is 7.62. The monoisotopic (exact) mass is 510 g/mol. The highest BCUT2D eigenvalue weighted by Crippen LogP contribution is 2.65. The predicted octanol–water partition coefficient (Wildman–Crippen LogP) is 2.71. The van der Waals surface area contributed by atoms with Gasteiger partial charge in [0, 0.05) is 13.1 Å². The molecule has 1 N–H and O–H groups in total. The van der Waals surface area contributed by atoms with Crippen LogP contribution in [0.3, 0.4) is 0 Å². The first-order valence-corrected chi connectivity index (χ1v) is 13.0. The van der Waals surface area contributed by atoms with Crippen molar-refractivity contribution >= 4 is 17.8 Å². The van der Waals surface area contributed by atoms with E-state index in [1.54, 1.807) is 24.0 Å². The number of ether oxygens (including phenoxy) is 2. The van der Waals surface area contributed by atoms with Crippen LogP contribution < -0.4 is 0 Å². The summed E-state index contributed by atoms with van der Waals surface area (Å²) in [6.45, 7) is 13.5. The zero-order valence-corrected chi connectivity index (χ0v) is 22.0. The molecule has 8 heteroatoms. The van der Waals surface area contributed by atoms with Crippen molar-refractivity contribution in [1.82, 2.24) is 9.80 Å². The SMILES string of the molecule is C=CCCOC(=O)[C@H]1[C@H]2C(=O)N([C@H](C)CO)C(C(=O)N(CC=C)Cc3ccccc3)C23CC(C)[C@]1(C)O3. The van der Waals surface area contributed by atoms with Gasteiger partial charge in [-0.05, 0) is 38.2 Å². The van der Waals surface area contributed by atoms with E-state index >= 15 is 0 Å². The number of nitrogens with zero attached hydrogens (tertiary/aromatic N) is 2. The van der Waals surface area contributed by atoms with Crippen LogP contribution >= 0.6 is 0 Å². The van der Waals surface area contributed by atoms with Gasteiger partial charge in [-0.25, -0.2) is 0 Å². The Morgan fingerprint density at radius 2 is 2.00 bits per heavy atom. The van der Waals surface area contributed by atoms with Gasteiger partial charge in [-0.1, -0.05) is 49.4 Å². The summed E-state index contributed by atoms with van der Waals surface area (Å²) >= 11 is 0. The molecule has 0 aliphatic carbocycles. The van der Waals surface area contributed by atoms with E-state index in [1.165, 1.54) is 4.90 Å². The van der Waals surface area contributed by atoms with Crippen molar-refractivity contribution in [3.63, 3.8) is 0 Å². The molecular weight excluding hydrogens is 472 g/mol. The van der Waals surface area contributed by atoms with E-state index in [9.17, 15) is 19.5 Å². The number of esters is 1. The minimum absolute atomic E-state index is 0.0878. The average Bonchev–Trinajstić information content (AvgIpc) is 3.40. The first-order valence-electron chi connectivity index (χ1n) is 13.0. The molecule has 1 aromatic carbocycles. The van der Waals surface area contributed by atoms with Gasteiger partial charge in [-0.2, -0.15) is 0 Å². The summed E-state index contributed by atoms with van der Waals surface area (Å²) in [7, 11) is 0. The minimum atomic E-state index is -1.19. The number of carbonyl (C=O) groups excluding carboxylic acids is 3. The van der Waals surface area contributed by atoms with Crippen molar-refractivity contribution in [3.8, 4) is 0 Å². The lowest BCUT2D eigenvalue weighted by Crippen LogP contribution is -2.58. The van der Waals surface area contributed by atoms with Crippen molar-refractivity contribution in [2.45, 2.75) is 63.4 Å². The molecule has 200 valence electrons. The van der Waals surface area contributed by atoms with Gasteiger partial charge < -0.3 is 24.4 Å². The summed E-state index contributed by atoms with van der Waals surface area (Å²) in [6, 6.07) is 7.99. The molecule has 0 radical (unpaired) electrons. The number of likely N-dealkylation sites (tertiary alicyclic amines) is 1. The van der Waals surface area contributed by atoms with E-state index in [2.05, 4.69) is 13.2 Å². The fraction of sp³-hybridized carbons (Fsp3) is 0.552. The Bertz CT molecular complexity index is 1060. The number of hydrogen-bond donors (Lipinski definition) is 1. The van der Waals surface area contributed by atoms with Gasteiger partial charge in [-0.3, -0.25) is 14.4 Å². The maximum absolute atomic E-state index is 14.3. The quantitative estimate of drug-likeness (QED) is 0.279. The third-order valence-corrected chi connectivity index (χ3v) is 8.42. The highest BCUT2D eigenvalue weighted by molar-refractivity contribution is 5.98. The number of rotatable bonds is 11. The lowest BCUT2D eigenvalue weighted by atomic mass is 9.62. The molecule has 37 heavy (non-hydrogen) atoms. The first kappa shape index (κ1) is 27.1. The maximum atomic E-state index is 14.3. The molecule has 8 nitrogen and oxygen atoms in total. The van der Waals surface area contributed by atoms with Crippen LogP contribution in [0, 0.1) is 17.8 Å². The van der Waals surface area contributed by atoms with Crippen LogP contribution in [-0.2, 0) is 30.4 Å². The second-order valence-electron chi connectivity index (χ2n) is 10.7. The van der Waals surface area contributed by atoms with Crippen LogP contribution in [-0.4, -0.2) is 75.7 Å². The summed E-state index contributed by atoms with van der Waals surface area (Å²) in [5.74, 6) is -2.92. The Hall–Kier alpha value is -2.97. The van der Waals surface area contributed by atoms with Gasteiger partial charge in [0.05, 0.1) is 30.8 Å². The molecule has 3 unspecified atom stereocenters. The summed E-state index contributed by atoms with van der Waals surface area (Å²) in [6.07, 6.45) is 4.27. The highest BCUT2D eigenvalue weighted by atomic mass is 16.6. The largest absolute Gasteiger partial charge is 0.465 e.